The Morgan fingerprint density at radius 2 is 2.10 bits per heavy atom. The molecule has 1 saturated heterocycles. The number of carboxylic acid groups (broad SMARTS) is 1. The number of pyridine rings is 1. The van der Waals surface area contributed by atoms with Crippen molar-refractivity contribution in [3.8, 4) is 5.88 Å². The van der Waals surface area contributed by atoms with Crippen LogP contribution in [0.3, 0.4) is 0 Å². The van der Waals surface area contributed by atoms with Crippen molar-refractivity contribution in [3.63, 3.8) is 0 Å². The maximum absolute atomic E-state index is 10.9. The van der Waals surface area contributed by atoms with Crippen LogP contribution in [0.5, 0.6) is 5.88 Å². The summed E-state index contributed by atoms with van der Waals surface area (Å²) < 4.78 is 5.56. The van der Waals surface area contributed by atoms with Crippen LogP contribution in [0.2, 0.25) is 0 Å². The minimum Gasteiger partial charge on any atom is -0.476 e. The van der Waals surface area contributed by atoms with Crippen molar-refractivity contribution in [1.82, 2.24) is 9.88 Å². The monoisotopic (exact) mass is 278 g/mol. The Morgan fingerprint density at radius 1 is 1.35 bits per heavy atom. The van der Waals surface area contributed by atoms with Gasteiger partial charge in [0.2, 0.25) is 5.88 Å². The molecule has 1 aromatic heterocycles. The number of piperazine rings is 1. The van der Waals surface area contributed by atoms with Crippen LogP contribution < -0.4 is 15.4 Å². The number of aromatic nitrogens is 1. The first-order valence-corrected chi connectivity index (χ1v) is 6.74. The van der Waals surface area contributed by atoms with Crippen molar-refractivity contribution >= 4 is 11.9 Å². The summed E-state index contributed by atoms with van der Waals surface area (Å²) in [6.45, 7) is 2.80. The van der Waals surface area contributed by atoms with Gasteiger partial charge in [-0.2, -0.15) is 4.98 Å². The average Bonchev–Trinajstić information content (AvgIpc) is 2.47. The Bertz CT molecular complexity index is 514. The molecule has 0 aromatic carbocycles. The lowest BCUT2D eigenvalue weighted by atomic mass is 10.1. The first kappa shape index (κ1) is 13.0. The minimum absolute atomic E-state index is 0.0364. The average molecular weight is 278 g/mol. The van der Waals surface area contributed by atoms with Gasteiger partial charge >= 0.3 is 6.09 Å². The summed E-state index contributed by atoms with van der Waals surface area (Å²) in [4.78, 5) is 18.9. The van der Waals surface area contributed by atoms with Gasteiger partial charge in [0.1, 0.15) is 12.4 Å². The number of nitrogens with two attached hydrogens (primary N) is 1. The molecule has 0 aliphatic carbocycles. The van der Waals surface area contributed by atoms with Gasteiger partial charge in [0.05, 0.1) is 0 Å². The van der Waals surface area contributed by atoms with E-state index in [1.54, 1.807) is 0 Å². The summed E-state index contributed by atoms with van der Waals surface area (Å²) in [5, 5.41) is 8.94. The molecule has 1 atom stereocenters. The first-order valence-electron chi connectivity index (χ1n) is 6.74. The van der Waals surface area contributed by atoms with Gasteiger partial charge in [-0.25, -0.2) is 4.79 Å². The van der Waals surface area contributed by atoms with E-state index in [1.807, 2.05) is 12.1 Å². The molecule has 3 rings (SSSR count). The Labute approximate surface area is 116 Å². The summed E-state index contributed by atoms with van der Waals surface area (Å²) in [5.74, 6) is 1.49. The zero-order valence-electron chi connectivity index (χ0n) is 11.2. The van der Waals surface area contributed by atoms with E-state index in [0.717, 1.165) is 17.8 Å². The van der Waals surface area contributed by atoms with E-state index >= 15 is 0 Å². The Kier molecular flexibility index (Phi) is 3.35. The topological polar surface area (TPSA) is 91.9 Å². The molecule has 7 nitrogen and oxygen atoms in total. The molecule has 2 aliphatic heterocycles. The zero-order chi connectivity index (χ0) is 14.1. The van der Waals surface area contributed by atoms with Gasteiger partial charge < -0.3 is 25.4 Å². The summed E-state index contributed by atoms with van der Waals surface area (Å²) >= 11 is 0. The maximum atomic E-state index is 10.9. The van der Waals surface area contributed by atoms with E-state index in [2.05, 4.69) is 9.88 Å². The smallest absolute Gasteiger partial charge is 0.407 e. The molecule has 0 unspecified atom stereocenters. The zero-order valence-corrected chi connectivity index (χ0v) is 11.2. The van der Waals surface area contributed by atoms with Crippen molar-refractivity contribution in [1.29, 1.82) is 0 Å². The van der Waals surface area contributed by atoms with E-state index in [-0.39, 0.29) is 6.04 Å². The summed E-state index contributed by atoms with van der Waals surface area (Å²) in [6, 6.07) is 3.99. The molecular formula is C13H18N4O3. The lowest BCUT2D eigenvalue weighted by Gasteiger charge is -2.34. The number of rotatable bonds is 1. The molecule has 0 radical (unpaired) electrons. The van der Waals surface area contributed by atoms with Crippen LogP contribution in [0.1, 0.15) is 5.56 Å². The highest BCUT2D eigenvalue weighted by Gasteiger charge is 2.23. The molecule has 1 fully saturated rings. The molecule has 1 amide bonds. The normalized spacial score (nSPS) is 22.1. The van der Waals surface area contributed by atoms with Crippen LogP contribution in [0.4, 0.5) is 10.6 Å². The van der Waals surface area contributed by atoms with Crippen LogP contribution in [0, 0.1) is 0 Å². The second kappa shape index (κ2) is 5.16. The summed E-state index contributed by atoms with van der Waals surface area (Å²) in [5.41, 5.74) is 6.89. The molecule has 0 saturated carbocycles. The van der Waals surface area contributed by atoms with E-state index in [9.17, 15) is 4.79 Å². The molecule has 108 valence electrons. The van der Waals surface area contributed by atoms with Crippen LogP contribution in [-0.4, -0.2) is 59.9 Å². The predicted octanol–water partition coefficient (Wildman–Crippen LogP) is 0.144. The van der Waals surface area contributed by atoms with E-state index in [1.165, 1.54) is 4.90 Å². The molecule has 3 heterocycles. The van der Waals surface area contributed by atoms with E-state index in [4.69, 9.17) is 15.6 Å². The second-order valence-electron chi connectivity index (χ2n) is 5.17. The first-order chi connectivity index (χ1) is 9.63. The molecular weight excluding hydrogens is 260 g/mol. The molecule has 0 bridgehead atoms. The molecule has 0 spiro atoms. The van der Waals surface area contributed by atoms with Crippen LogP contribution in [-0.2, 0) is 6.42 Å². The van der Waals surface area contributed by atoms with Crippen molar-refractivity contribution < 1.29 is 14.6 Å². The fraction of sp³-hybridized carbons (Fsp3) is 0.538. The quantitative estimate of drug-likeness (QED) is 0.759. The number of ether oxygens (including phenoxy) is 1. The Hall–Kier alpha value is -2.02. The highest BCUT2D eigenvalue weighted by atomic mass is 16.5. The van der Waals surface area contributed by atoms with Crippen molar-refractivity contribution in [3.05, 3.63) is 17.7 Å². The third-order valence-corrected chi connectivity index (χ3v) is 3.71. The number of anilines is 1. The lowest BCUT2D eigenvalue weighted by molar-refractivity contribution is 0.142. The molecule has 1 aromatic rings. The highest BCUT2D eigenvalue weighted by Crippen LogP contribution is 2.25. The third kappa shape index (κ3) is 2.49. The van der Waals surface area contributed by atoms with E-state index < -0.39 is 6.09 Å². The number of amides is 1. The van der Waals surface area contributed by atoms with Crippen LogP contribution >= 0.6 is 0 Å². The van der Waals surface area contributed by atoms with Gasteiger partial charge in [-0.3, -0.25) is 0 Å². The number of hydrogen-bond acceptors (Lipinski definition) is 5. The minimum atomic E-state index is -0.861. The third-order valence-electron chi connectivity index (χ3n) is 3.71. The van der Waals surface area contributed by atoms with E-state index in [0.29, 0.717) is 38.7 Å². The fourth-order valence-electron chi connectivity index (χ4n) is 2.57. The Morgan fingerprint density at radius 3 is 2.80 bits per heavy atom. The van der Waals surface area contributed by atoms with Crippen molar-refractivity contribution in [2.75, 3.05) is 37.7 Å². The predicted molar refractivity (Wildman–Crippen MR) is 73.2 cm³/mol. The molecule has 20 heavy (non-hydrogen) atoms. The highest BCUT2D eigenvalue weighted by molar-refractivity contribution is 5.65. The van der Waals surface area contributed by atoms with Gasteiger partial charge in [-0.15, -0.1) is 0 Å². The van der Waals surface area contributed by atoms with Crippen LogP contribution in [0.25, 0.3) is 0 Å². The fourth-order valence-corrected chi connectivity index (χ4v) is 2.57. The maximum Gasteiger partial charge on any atom is 0.407 e. The van der Waals surface area contributed by atoms with Gasteiger partial charge in [-0.05, 0) is 18.6 Å². The summed E-state index contributed by atoms with van der Waals surface area (Å²) in [7, 11) is 0. The number of fused-ring (bicyclic) bond motifs is 1. The number of hydrogen-bond donors (Lipinski definition) is 2. The van der Waals surface area contributed by atoms with Gasteiger partial charge in [0.15, 0.2) is 0 Å². The van der Waals surface area contributed by atoms with Crippen LogP contribution in [0.15, 0.2) is 12.1 Å². The van der Waals surface area contributed by atoms with Crippen molar-refractivity contribution in [2.24, 2.45) is 5.73 Å². The SMILES string of the molecule is N[C@H]1COc2nc(N3CCN(C(=O)O)CC3)ccc2C1. The van der Waals surface area contributed by atoms with Crippen molar-refractivity contribution in [2.45, 2.75) is 12.5 Å². The number of nitrogens with zero attached hydrogens (tertiary/aromatic N) is 3. The lowest BCUT2D eigenvalue weighted by Crippen LogP contribution is -2.48. The number of carbonyl (C=O) groups is 1. The largest absolute Gasteiger partial charge is 0.476 e. The standard InChI is InChI=1S/C13H18N4O3/c14-10-7-9-1-2-11(15-12(9)20-8-10)16-3-5-17(6-4-16)13(18)19/h1-2,10H,3-8,14H2,(H,18,19)/t10-/m1/s1. The van der Waals surface area contributed by atoms with Gasteiger partial charge in [0, 0.05) is 37.8 Å². The molecule has 7 heteroatoms. The van der Waals surface area contributed by atoms with Gasteiger partial charge in [0.25, 0.3) is 0 Å². The second-order valence-corrected chi connectivity index (χ2v) is 5.17. The summed E-state index contributed by atoms with van der Waals surface area (Å²) in [6.07, 6.45) is -0.0737. The van der Waals surface area contributed by atoms with Gasteiger partial charge in [-0.1, -0.05) is 0 Å². The molecule has 2 aliphatic rings. The molecule has 3 N–H and O–H groups in total. The Balaban J connectivity index is 1.71.